The molecule has 5 heterocycles. The molecule has 40 heavy (non-hydrogen) atoms. The van der Waals surface area contributed by atoms with Gasteiger partial charge in [0, 0.05) is 45.0 Å². The molecule has 2 atom stereocenters. The molecule has 188 valence electrons. The van der Waals surface area contributed by atoms with Crippen LogP contribution < -0.4 is 10.4 Å². The first-order chi connectivity index (χ1) is 19.7. The number of hydrogen-bond donors (Lipinski definition) is 2. The maximum atomic E-state index is 5.27. The van der Waals surface area contributed by atoms with Crippen LogP contribution in [0.2, 0.25) is 0 Å². The molecule has 2 aliphatic heterocycles. The third-order valence-corrected chi connectivity index (χ3v) is 8.37. The van der Waals surface area contributed by atoms with Crippen molar-refractivity contribution in [3.8, 4) is 22.5 Å². The van der Waals surface area contributed by atoms with Crippen LogP contribution in [0.15, 0.2) is 109 Å². The first kappa shape index (κ1) is 21.7. The second-order valence-corrected chi connectivity index (χ2v) is 10.9. The highest BCUT2D eigenvalue weighted by molar-refractivity contribution is 5.97. The molecule has 0 radical (unpaired) electrons. The predicted molar refractivity (Wildman–Crippen MR) is 163 cm³/mol. The fraction of sp³-hybridized carbons (Fsp3) is 0.0556. The van der Waals surface area contributed by atoms with Gasteiger partial charge in [-0.15, -0.1) is 0 Å². The fourth-order valence-electron chi connectivity index (χ4n) is 6.45. The van der Waals surface area contributed by atoms with Gasteiger partial charge in [-0.1, -0.05) is 60.7 Å². The van der Waals surface area contributed by atoms with Gasteiger partial charge >= 0.3 is 0 Å². The Bertz CT molecular complexity index is 2300. The number of benzene rings is 3. The van der Waals surface area contributed by atoms with Gasteiger partial charge in [0.15, 0.2) is 0 Å². The first-order valence-electron chi connectivity index (χ1n) is 13.7. The third-order valence-electron chi connectivity index (χ3n) is 8.37. The first-order valence-corrected chi connectivity index (χ1v) is 13.7. The van der Waals surface area contributed by atoms with Crippen LogP contribution in [0.1, 0.15) is 23.2 Å². The van der Waals surface area contributed by atoms with Crippen LogP contribution in [0.25, 0.3) is 67.5 Å². The van der Waals surface area contributed by atoms with Gasteiger partial charge in [0.25, 0.3) is 0 Å². The molecule has 9 rings (SSSR count). The van der Waals surface area contributed by atoms with Gasteiger partial charge in [-0.25, -0.2) is 4.98 Å². The van der Waals surface area contributed by atoms with Crippen molar-refractivity contribution >= 4 is 45.0 Å². The highest BCUT2D eigenvalue weighted by atomic mass is 14.8. The molecule has 4 heteroatoms. The van der Waals surface area contributed by atoms with E-state index < -0.39 is 0 Å². The highest BCUT2D eigenvalue weighted by Crippen LogP contribution is 2.43. The summed E-state index contributed by atoms with van der Waals surface area (Å²) in [7, 11) is 0. The Morgan fingerprint density at radius 3 is 1.57 bits per heavy atom. The summed E-state index contributed by atoms with van der Waals surface area (Å²) in [5, 5.41) is 4.95. The van der Waals surface area contributed by atoms with Crippen molar-refractivity contribution in [2.24, 2.45) is 0 Å². The lowest BCUT2D eigenvalue weighted by Gasteiger charge is -2.17. The molecular weight excluding hydrogens is 488 g/mol. The Balaban J connectivity index is 1.39. The molecule has 0 fully saturated rings. The van der Waals surface area contributed by atoms with E-state index in [0.717, 1.165) is 56.0 Å². The molecule has 0 spiro atoms. The van der Waals surface area contributed by atoms with Crippen molar-refractivity contribution in [1.29, 1.82) is 0 Å². The molecular formula is C36H24N4. The van der Waals surface area contributed by atoms with Crippen molar-refractivity contribution < 1.29 is 0 Å². The van der Waals surface area contributed by atoms with Crippen LogP contribution in [0.5, 0.6) is 0 Å². The molecule has 3 aromatic heterocycles. The number of nitrogens with one attached hydrogen (secondary N) is 2. The van der Waals surface area contributed by atoms with Crippen molar-refractivity contribution in [3.63, 3.8) is 0 Å². The second kappa shape index (κ2) is 8.14. The summed E-state index contributed by atoms with van der Waals surface area (Å²) in [6.07, 6.45) is 4.76. The zero-order chi connectivity index (χ0) is 26.2. The van der Waals surface area contributed by atoms with Crippen LogP contribution in [0.3, 0.4) is 0 Å². The molecule has 4 nitrogen and oxygen atoms in total. The number of rotatable bonds is 0. The molecule has 8 bridgehead atoms. The number of hydrogen-bond acceptors (Lipinski definition) is 2. The van der Waals surface area contributed by atoms with Gasteiger partial charge in [-0.3, -0.25) is 4.98 Å². The molecule has 1 aliphatic carbocycles. The number of H-pyrrole nitrogens is 2. The smallest absolute Gasteiger partial charge is 0.0737 e. The van der Waals surface area contributed by atoms with E-state index in [0.29, 0.717) is 0 Å². The van der Waals surface area contributed by atoms with Gasteiger partial charge in [-0.2, -0.15) is 0 Å². The number of aromatic amines is 2. The van der Waals surface area contributed by atoms with Crippen LogP contribution in [0, 0.1) is 0 Å². The summed E-state index contributed by atoms with van der Waals surface area (Å²) in [4.78, 5) is 17.6. The van der Waals surface area contributed by atoms with Crippen LogP contribution in [-0.2, 0) is 0 Å². The van der Waals surface area contributed by atoms with Crippen molar-refractivity contribution in [2.45, 2.75) is 11.8 Å². The second-order valence-electron chi connectivity index (χ2n) is 10.9. The summed E-state index contributed by atoms with van der Waals surface area (Å²) >= 11 is 0. The molecule has 2 N–H and O–H groups in total. The monoisotopic (exact) mass is 512 g/mol. The topological polar surface area (TPSA) is 57.4 Å². The minimum Gasteiger partial charge on any atom is -0.355 e. The zero-order valence-corrected chi connectivity index (χ0v) is 21.6. The van der Waals surface area contributed by atoms with E-state index in [9.17, 15) is 0 Å². The average molecular weight is 513 g/mol. The van der Waals surface area contributed by atoms with Crippen LogP contribution in [-0.4, -0.2) is 19.9 Å². The predicted octanol–water partition coefficient (Wildman–Crippen LogP) is 6.94. The Morgan fingerprint density at radius 1 is 0.450 bits per heavy atom. The van der Waals surface area contributed by atoms with Gasteiger partial charge < -0.3 is 9.97 Å². The summed E-state index contributed by atoms with van der Waals surface area (Å²) in [5.41, 5.74) is 10.5. The Labute approximate surface area is 230 Å². The SMILES string of the molecule is C1=c2ccccc2=CC2c3cc4ccc(cc5ccc(cc6nc(cc(n3)C12)-c1cc2ccccc2cc1-6)[nH]5)[nH]4. The molecule has 2 unspecified atom stereocenters. The maximum absolute atomic E-state index is 5.27. The van der Waals surface area contributed by atoms with Crippen molar-refractivity contribution in [2.75, 3.05) is 0 Å². The molecule has 6 aromatic rings. The molecule has 3 aromatic carbocycles. The van der Waals surface area contributed by atoms with E-state index in [-0.39, 0.29) is 11.8 Å². The average Bonchev–Trinajstić information content (AvgIpc) is 3.75. The Hall–Kier alpha value is -5.22. The van der Waals surface area contributed by atoms with Gasteiger partial charge in [0.05, 0.1) is 22.8 Å². The van der Waals surface area contributed by atoms with E-state index in [4.69, 9.17) is 9.97 Å². The minimum absolute atomic E-state index is 0.156. The number of aromatic nitrogens is 4. The van der Waals surface area contributed by atoms with E-state index >= 15 is 0 Å². The lowest BCUT2D eigenvalue weighted by atomic mass is 9.84. The summed E-state index contributed by atoms with van der Waals surface area (Å²) < 4.78 is 0. The van der Waals surface area contributed by atoms with Crippen molar-refractivity contribution in [1.82, 2.24) is 19.9 Å². The van der Waals surface area contributed by atoms with E-state index in [1.54, 1.807) is 0 Å². The standard InChI is InChI=1S/C36H24N4/c1-3-7-23-15-31-29(13-21(23)5-1)33-18-27-11-9-25(37-27)17-26-10-12-28(38-26)19-34-30-14-22-6-2-4-8-24(22)16-32(30)36(40-34)20-35(31)39-33/h1-20,29,31,37-38H. The zero-order valence-electron chi connectivity index (χ0n) is 21.6. The molecule has 0 amide bonds. The van der Waals surface area contributed by atoms with Gasteiger partial charge in [0.2, 0.25) is 0 Å². The minimum atomic E-state index is 0.156. The molecule has 0 saturated carbocycles. The summed E-state index contributed by atoms with van der Waals surface area (Å²) in [6.45, 7) is 0. The Kier molecular flexibility index (Phi) is 4.41. The summed E-state index contributed by atoms with van der Waals surface area (Å²) in [5.74, 6) is 0.328. The summed E-state index contributed by atoms with van der Waals surface area (Å²) in [6, 6.07) is 38.9. The fourth-order valence-corrected chi connectivity index (χ4v) is 6.45. The van der Waals surface area contributed by atoms with E-state index in [1.165, 1.54) is 21.2 Å². The van der Waals surface area contributed by atoms with E-state index in [2.05, 4.69) is 131 Å². The molecule has 0 saturated heterocycles. The quantitative estimate of drug-likeness (QED) is 0.231. The van der Waals surface area contributed by atoms with Crippen LogP contribution >= 0.6 is 0 Å². The largest absolute Gasteiger partial charge is 0.355 e. The van der Waals surface area contributed by atoms with Crippen molar-refractivity contribution in [3.05, 3.63) is 131 Å². The highest BCUT2D eigenvalue weighted by Gasteiger charge is 2.31. The van der Waals surface area contributed by atoms with Gasteiger partial charge in [-0.05, 0) is 81.9 Å². The normalized spacial score (nSPS) is 16.9. The lowest BCUT2D eigenvalue weighted by molar-refractivity contribution is 0.834. The maximum Gasteiger partial charge on any atom is 0.0737 e. The number of nitrogens with zero attached hydrogens (tertiary/aromatic N) is 2. The van der Waals surface area contributed by atoms with Crippen LogP contribution in [0.4, 0.5) is 0 Å². The Morgan fingerprint density at radius 2 is 0.950 bits per heavy atom. The third kappa shape index (κ3) is 3.39. The lowest BCUT2D eigenvalue weighted by Crippen LogP contribution is -2.29. The number of fused-ring (bicyclic) bond motifs is 16. The molecule has 3 aliphatic rings. The van der Waals surface area contributed by atoms with Gasteiger partial charge in [0.1, 0.15) is 0 Å². The van der Waals surface area contributed by atoms with E-state index in [1.807, 2.05) is 0 Å².